The lowest BCUT2D eigenvalue weighted by atomic mass is 9.98. The Morgan fingerprint density at radius 1 is 1.44 bits per heavy atom. The summed E-state index contributed by atoms with van der Waals surface area (Å²) in [5.74, 6) is 0.866. The van der Waals surface area contributed by atoms with E-state index in [4.69, 9.17) is 5.73 Å². The summed E-state index contributed by atoms with van der Waals surface area (Å²) in [5.41, 5.74) is 7.60. The fourth-order valence-corrected chi connectivity index (χ4v) is 1.67. The zero-order valence-corrected chi connectivity index (χ0v) is 10.2. The molecule has 2 heteroatoms. The highest BCUT2D eigenvalue weighted by atomic mass is 16.1. The number of hydrogen-bond acceptors (Lipinski definition) is 2. The molecule has 88 valence electrons. The molecule has 0 saturated heterocycles. The first-order chi connectivity index (χ1) is 7.61. The van der Waals surface area contributed by atoms with Crippen molar-refractivity contribution in [3.63, 3.8) is 0 Å². The summed E-state index contributed by atoms with van der Waals surface area (Å²) < 4.78 is 0. The molecule has 0 fully saturated rings. The molecule has 1 aromatic rings. The molecule has 0 heterocycles. The topological polar surface area (TPSA) is 43.1 Å². The summed E-state index contributed by atoms with van der Waals surface area (Å²) in [4.78, 5) is 11.6. The van der Waals surface area contributed by atoms with Gasteiger partial charge in [0.15, 0.2) is 0 Å². The predicted octanol–water partition coefficient (Wildman–Crippen LogP) is 3.21. The number of nitrogen functional groups attached to an aromatic ring is 1. The number of benzene rings is 1. The lowest BCUT2D eigenvalue weighted by Gasteiger charge is -2.07. The highest BCUT2D eigenvalue weighted by Crippen LogP contribution is 2.12. The second-order valence-electron chi connectivity index (χ2n) is 4.50. The molecule has 1 unspecified atom stereocenters. The Bertz CT molecular complexity index is 346. The first-order valence-corrected chi connectivity index (χ1v) is 5.98. The Labute approximate surface area is 97.9 Å². The van der Waals surface area contributed by atoms with E-state index in [9.17, 15) is 4.79 Å². The molecule has 0 amide bonds. The minimum Gasteiger partial charge on any atom is -0.399 e. The van der Waals surface area contributed by atoms with Crippen LogP contribution in [0.2, 0.25) is 0 Å². The van der Waals surface area contributed by atoms with Crippen LogP contribution in [-0.2, 0) is 11.2 Å². The molecule has 0 saturated carbocycles. The van der Waals surface area contributed by atoms with Crippen molar-refractivity contribution < 1.29 is 4.79 Å². The molecule has 2 N–H and O–H groups in total. The van der Waals surface area contributed by atoms with Crippen LogP contribution in [0.15, 0.2) is 24.3 Å². The second kappa shape index (κ2) is 6.31. The van der Waals surface area contributed by atoms with Crippen LogP contribution in [0.4, 0.5) is 5.69 Å². The third-order valence-corrected chi connectivity index (χ3v) is 2.92. The summed E-state index contributed by atoms with van der Waals surface area (Å²) in [7, 11) is 0. The van der Waals surface area contributed by atoms with Crippen molar-refractivity contribution in [3.8, 4) is 0 Å². The maximum Gasteiger partial charge on any atom is 0.133 e. The normalized spacial score (nSPS) is 12.4. The summed E-state index contributed by atoms with van der Waals surface area (Å²) in [6, 6.07) is 7.76. The number of anilines is 1. The van der Waals surface area contributed by atoms with Crippen molar-refractivity contribution in [1.29, 1.82) is 0 Å². The molecule has 1 rings (SSSR count). The van der Waals surface area contributed by atoms with Crippen LogP contribution in [0.3, 0.4) is 0 Å². The van der Waals surface area contributed by atoms with Crippen LogP contribution in [0, 0.1) is 5.92 Å². The van der Waals surface area contributed by atoms with E-state index in [1.807, 2.05) is 24.3 Å². The van der Waals surface area contributed by atoms with E-state index >= 15 is 0 Å². The number of nitrogens with two attached hydrogens (primary N) is 1. The first kappa shape index (κ1) is 12.8. The molecule has 0 bridgehead atoms. The van der Waals surface area contributed by atoms with E-state index in [-0.39, 0.29) is 0 Å². The Morgan fingerprint density at radius 3 is 2.81 bits per heavy atom. The van der Waals surface area contributed by atoms with Crippen molar-refractivity contribution in [3.05, 3.63) is 29.8 Å². The molecule has 2 nitrogen and oxygen atoms in total. The molecule has 0 aliphatic heterocycles. The van der Waals surface area contributed by atoms with Gasteiger partial charge in [0, 0.05) is 18.5 Å². The second-order valence-corrected chi connectivity index (χ2v) is 4.50. The Balaban J connectivity index is 2.37. The maximum atomic E-state index is 11.6. The maximum absolute atomic E-state index is 11.6. The van der Waals surface area contributed by atoms with Crippen LogP contribution < -0.4 is 5.73 Å². The van der Waals surface area contributed by atoms with Gasteiger partial charge in [0.25, 0.3) is 0 Å². The predicted molar refractivity (Wildman–Crippen MR) is 68.3 cm³/mol. The average Bonchev–Trinajstić information content (AvgIpc) is 2.26. The van der Waals surface area contributed by atoms with E-state index in [0.29, 0.717) is 24.5 Å². The molecule has 0 radical (unpaired) electrons. The number of rotatable bonds is 6. The van der Waals surface area contributed by atoms with Crippen molar-refractivity contribution in [2.45, 2.75) is 39.5 Å². The Morgan fingerprint density at radius 2 is 2.19 bits per heavy atom. The van der Waals surface area contributed by atoms with Crippen molar-refractivity contribution >= 4 is 11.5 Å². The van der Waals surface area contributed by atoms with Crippen LogP contribution in [0.1, 0.15) is 38.7 Å². The zero-order chi connectivity index (χ0) is 12.0. The first-order valence-electron chi connectivity index (χ1n) is 5.98. The quantitative estimate of drug-likeness (QED) is 0.746. The molecule has 0 aliphatic carbocycles. The van der Waals surface area contributed by atoms with Gasteiger partial charge in [0.2, 0.25) is 0 Å². The molecule has 1 atom stereocenters. The van der Waals surface area contributed by atoms with Gasteiger partial charge >= 0.3 is 0 Å². The number of carbonyl (C=O) groups excluding carboxylic acids is 1. The standard InChI is InChI=1S/C14H21NO/c1-3-11(2)9-14(16)8-7-12-5-4-6-13(15)10-12/h4-6,10-11H,3,7-9,15H2,1-2H3. The smallest absolute Gasteiger partial charge is 0.133 e. The Hall–Kier alpha value is -1.31. The molecule has 0 aliphatic rings. The van der Waals surface area contributed by atoms with Crippen molar-refractivity contribution in [1.82, 2.24) is 0 Å². The zero-order valence-electron chi connectivity index (χ0n) is 10.2. The number of hydrogen-bond donors (Lipinski definition) is 1. The third kappa shape index (κ3) is 4.47. The molecule has 0 spiro atoms. The number of ketones is 1. The fourth-order valence-electron chi connectivity index (χ4n) is 1.67. The van der Waals surface area contributed by atoms with Gasteiger partial charge in [-0.15, -0.1) is 0 Å². The van der Waals surface area contributed by atoms with Crippen LogP contribution in [-0.4, -0.2) is 5.78 Å². The summed E-state index contributed by atoms with van der Waals surface area (Å²) in [5, 5.41) is 0. The van der Waals surface area contributed by atoms with Gasteiger partial charge in [-0.2, -0.15) is 0 Å². The summed E-state index contributed by atoms with van der Waals surface area (Å²) in [6.07, 6.45) is 3.22. The third-order valence-electron chi connectivity index (χ3n) is 2.92. The van der Waals surface area contributed by atoms with Gasteiger partial charge in [0.05, 0.1) is 0 Å². The minimum absolute atomic E-state index is 0.358. The van der Waals surface area contributed by atoms with E-state index in [1.165, 1.54) is 0 Å². The van der Waals surface area contributed by atoms with Gasteiger partial charge in [-0.3, -0.25) is 4.79 Å². The monoisotopic (exact) mass is 219 g/mol. The van der Waals surface area contributed by atoms with E-state index in [2.05, 4.69) is 13.8 Å². The molecule has 16 heavy (non-hydrogen) atoms. The number of Topliss-reactive ketones (excluding diaryl/α,β-unsaturated/α-hetero) is 1. The lowest BCUT2D eigenvalue weighted by Crippen LogP contribution is -2.06. The number of carbonyl (C=O) groups is 1. The molecule has 0 aromatic heterocycles. The highest BCUT2D eigenvalue weighted by Gasteiger charge is 2.07. The Kier molecular flexibility index (Phi) is 5.03. The van der Waals surface area contributed by atoms with E-state index < -0.39 is 0 Å². The van der Waals surface area contributed by atoms with Gasteiger partial charge < -0.3 is 5.73 Å². The lowest BCUT2D eigenvalue weighted by molar-refractivity contribution is -0.119. The summed E-state index contributed by atoms with van der Waals surface area (Å²) in [6.45, 7) is 4.24. The van der Waals surface area contributed by atoms with Crippen LogP contribution in [0.5, 0.6) is 0 Å². The molecular formula is C14H21NO. The SMILES string of the molecule is CCC(C)CC(=O)CCc1cccc(N)c1. The van der Waals surface area contributed by atoms with E-state index in [0.717, 1.165) is 24.1 Å². The van der Waals surface area contributed by atoms with Crippen molar-refractivity contribution in [2.24, 2.45) is 5.92 Å². The van der Waals surface area contributed by atoms with Gasteiger partial charge in [-0.1, -0.05) is 32.4 Å². The van der Waals surface area contributed by atoms with E-state index in [1.54, 1.807) is 0 Å². The van der Waals surface area contributed by atoms with Gasteiger partial charge in [0.1, 0.15) is 5.78 Å². The summed E-state index contributed by atoms with van der Waals surface area (Å²) >= 11 is 0. The highest BCUT2D eigenvalue weighted by molar-refractivity contribution is 5.78. The van der Waals surface area contributed by atoms with Crippen LogP contribution in [0.25, 0.3) is 0 Å². The van der Waals surface area contributed by atoms with Gasteiger partial charge in [-0.05, 0) is 30.0 Å². The average molecular weight is 219 g/mol. The fraction of sp³-hybridized carbons (Fsp3) is 0.500. The van der Waals surface area contributed by atoms with Gasteiger partial charge in [-0.25, -0.2) is 0 Å². The molecular weight excluding hydrogens is 198 g/mol. The minimum atomic E-state index is 0.358. The number of aryl methyl sites for hydroxylation is 1. The van der Waals surface area contributed by atoms with Crippen LogP contribution >= 0.6 is 0 Å². The van der Waals surface area contributed by atoms with Crippen molar-refractivity contribution in [2.75, 3.05) is 5.73 Å². The largest absolute Gasteiger partial charge is 0.399 e. The molecule has 1 aromatic carbocycles.